The molecule has 0 atom stereocenters. The smallest absolute Gasteiger partial charge is 0.256 e. The molecule has 1 saturated heterocycles. The van der Waals surface area contributed by atoms with E-state index >= 15 is 0 Å². The average Bonchev–Trinajstić information content (AvgIpc) is 2.76. The molecule has 5 nitrogen and oxygen atoms in total. The van der Waals surface area contributed by atoms with Crippen molar-refractivity contribution < 1.29 is 18.4 Å². The maximum atomic E-state index is 13.9. The normalized spacial score (nSPS) is 14.4. The zero-order chi connectivity index (χ0) is 22.4. The summed E-state index contributed by atoms with van der Waals surface area (Å²) in [6, 6.07) is 11.3. The Morgan fingerprint density at radius 3 is 2.35 bits per heavy atom. The minimum Gasteiger partial charge on any atom is -0.378 e. The molecule has 0 aliphatic carbocycles. The van der Waals surface area contributed by atoms with E-state index in [4.69, 9.17) is 0 Å². The van der Waals surface area contributed by atoms with Crippen LogP contribution >= 0.6 is 0 Å². The second-order valence-corrected chi connectivity index (χ2v) is 8.15. The van der Waals surface area contributed by atoms with Gasteiger partial charge in [0.15, 0.2) is 0 Å². The first-order valence-corrected chi connectivity index (χ1v) is 10.6. The zero-order valence-corrected chi connectivity index (χ0v) is 18.0. The Kier molecular flexibility index (Phi) is 7.60. The molecule has 2 aromatic rings. The highest BCUT2D eigenvalue weighted by Gasteiger charge is 2.28. The number of benzene rings is 2. The Morgan fingerprint density at radius 1 is 1.06 bits per heavy atom. The van der Waals surface area contributed by atoms with Crippen LogP contribution in [0.15, 0.2) is 42.5 Å². The number of halogens is 2. The van der Waals surface area contributed by atoms with Gasteiger partial charge in [0.05, 0.1) is 5.56 Å². The molecule has 1 fully saturated rings. The van der Waals surface area contributed by atoms with E-state index < -0.39 is 17.5 Å². The van der Waals surface area contributed by atoms with Crippen LogP contribution in [0.2, 0.25) is 0 Å². The van der Waals surface area contributed by atoms with Crippen molar-refractivity contribution in [3.05, 3.63) is 65.2 Å². The summed E-state index contributed by atoms with van der Waals surface area (Å²) in [7, 11) is 4.01. The van der Waals surface area contributed by atoms with Gasteiger partial charge in [-0.15, -0.1) is 0 Å². The van der Waals surface area contributed by atoms with E-state index in [9.17, 15) is 18.4 Å². The number of piperidine rings is 1. The van der Waals surface area contributed by atoms with Crippen molar-refractivity contribution in [2.45, 2.75) is 25.7 Å². The molecule has 0 bridgehead atoms. The lowest BCUT2D eigenvalue weighted by molar-refractivity contribution is -0.126. The van der Waals surface area contributed by atoms with Crippen LogP contribution in [0.3, 0.4) is 0 Å². The Bertz CT molecular complexity index is 908. The first-order valence-electron chi connectivity index (χ1n) is 10.6. The fourth-order valence-corrected chi connectivity index (χ4v) is 3.79. The molecule has 2 aromatic carbocycles. The number of carbonyl (C=O) groups excluding carboxylic acids is 2. The first kappa shape index (κ1) is 22.7. The number of anilines is 1. The molecule has 0 aromatic heterocycles. The highest BCUT2D eigenvalue weighted by Crippen LogP contribution is 2.21. The molecule has 31 heavy (non-hydrogen) atoms. The fourth-order valence-electron chi connectivity index (χ4n) is 3.79. The molecule has 0 saturated carbocycles. The van der Waals surface area contributed by atoms with Gasteiger partial charge in [-0.25, -0.2) is 8.78 Å². The van der Waals surface area contributed by atoms with Crippen LogP contribution in [0.4, 0.5) is 14.5 Å². The second kappa shape index (κ2) is 10.4. The molecular formula is C24H29F2N3O2. The molecule has 0 spiro atoms. The summed E-state index contributed by atoms with van der Waals surface area (Å²) in [5.74, 6) is -2.18. The van der Waals surface area contributed by atoms with Crippen molar-refractivity contribution in [2.24, 2.45) is 5.92 Å². The van der Waals surface area contributed by atoms with Crippen LogP contribution in [-0.2, 0) is 11.2 Å². The summed E-state index contributed by atoms with van der Waals surface area (Å²) in [6.07, 6.45) is 2.82. The highest BCUT2D eigenvalue weighted by atomic mass is 19.1. The van der Waals surface area contributed by atoms with Crippen molar-refractivity contribution in [3.63, 3.8) is 0 Å². The fraction of sp³-hybridized carbons (Fsp3) is 0.417. The summed E-state index contributed by atoms with van der Waals surface area (Å²) in [5.41, 5.74) is 2.26. The molecular weight excluding hydrogens is 400 g/mol. The summed E-state index contributed by atoms with van der Waals surface area (Å²) in [5, 5.41) is 2.99. The standard InChI is InChI=1S/C24H29F2N3O2/c1-28(2)20-8-5-17(6-9-20)4-3-13-27-23(30)18-11-14-29(15-12-18)24(31)21-10-7-19(25)16-22(21)26/h5-10,16,18H,3-4,11-15H2,1-2H3,(H,27,30). The van der Waals surface area contributed by atoms with Gasteiger partial charge in [-0.05, 0) is 55.5 Å². The van der Waals surface area contributed by atoms with Crippen LogP contribution in [0.1, 0.15) is 35.2 Å². The van der Waals surface area contributed by atoms with E-state index in [-0.39, 0.29) is 17.4 Å². The molecule has 3 rings (SSSR count). The van der Waals surface area contributed by atoms with E-state index in [2.05, 4.69) is 34.5 Å². The maximum Gasteiger partial charge on any atom is 0.256 e. The maximum absolute atomic E-state index is 13.9. The topological polar surface area (TPSA) is 52.7 Å². The second-order valence-electron chi connectivity index (χ2n) is 8.15. The third kappa shape index (κ3) is 6.03. The molecule has 1 aliphatic heterocycles. The van der Waals surface area contributed by atoms with Crippen LogP contribution in [0, 0.1) is 17.6 Å². The number of hydrogen-bond donors (Lipinski definition) is 1. The molecule has 0 unspecified atom stereocenters. The van der Waals surface area contributed by atoms with Gasteiger partial charge >= 0.3 is 0 Å². The summed E-state index contributed by atoms with van der Waals surface area (Å²) in [6.45, 7) is 1.37. The van der Waals surface area contributed by atoms with E-state index in [1.807, 2.05) is 14.1 Å². The summed E-state index contributed by atoms with van der Waals surface area (Å²) in [4.78, 5) is 28.5. The minimum atomic E-state index is -0.860. The van der Waals surface area contributed by atoms with Crippen molar-refractivity contribution in [1.82, 2.24) is 10.2 Å². The Morgan fingerprint density at radius 2 is 1.74 bits per heavy atom. The molecule has 166 valence electrons. The first-order chi connectivity index (χ1) is 14.8. The van der Waals surface area contributed by atoms with Crippen LogP contribution in [0.5, 0.6) is 0 Å². The van der Waals surface area contributed by atoms with E-state index in [0.29, 0.717) is 38.5 Å². The minimum absolute atomic E-state index is 0.00279. The van der Waals surface area contributed by atoms with Crippen molar-refractivity contribution in [3.8, 4) is 0 Å². The van der Waals surface area contributed by atoms with Crippen LogP contribution in [0.25, 0.3) is 0 Å². The number of aryl methyl sites for hydroxylation is 1. The number of nitrogens with one attached hydrogen (secondary N) is 1. The molecule has 2 amide bonds. The Balaban J connectivity index is 1.39. The predicted octanol–water partition coefficient (Wildman–Crippen LogP) is 3.63. The predicted molar refractivity (Wildman–Crippen MR) is 117 cm³/mol. The van der Waals surface area contributed by atoms with E-state index in [0.717, 1.165) is 24.6 Å². The average molecular weight is 430 g/mol. The number of amides is 2. The third-order valence-electron chi connectivity index (χ3n) is 5.71. The monoisotopic (exact) mass is 429 g/mol. The lowest BCUT2D eigenvalue weighted by atomic mass is 9.95. The van der Waals surface area contributed by atoms with E-state index in [1.54, 1.807) is 0 Å². The third-order valence-corrected chi connectivity index (χ3v) is 5.71. The molecule has 1 N–H and O–H groups in total. The molecule has 1 aliphatic rings. The number of rotatable bonds is 7. The van der Waals surface area contributed by atoms with Gasteiger partial charge in [-0.3, -0.25) is 9.59 Å². The lowest BCUT2D eigenvalue weighted by Crippen LogP contribution is -2.43. The SMILES string of the molecule is CN(C)c1ccc(CCCNC(=O)C2CCN(C(=O)c3ccc(F)cc3F)CC2)cc1. The lowest BCUT2D eigenvalue weighted by Gasteiger charge is -2.31. The zero-order valence-electron chi connectivity index (χ0n) is 18.0. The van der Waals surface area contributed by atoms with Gasteiger partial charge in [0.25, 0.3) is 5.91 Å². The molecule has 1 heterocycles. The van der Waals surface area contributed by atoms with Gasteiger partial charge < -0.3 is 15.1 Å². The largest absolute Gasteiger partial charge is 0.378 e. The van der Waals surface area contributed by atoms with Crippen molar-refractivity contribution >= 4 is 17.5 Å². The quantitative estimate of drug-likeness (QED) is 0.684. The van der Waals surface area contributed by atoms with Gasteiger partial charge in [0.1, 0.15) is 11.6 Å². The van der Waals surface area contributed by atoms with Crippen molar-refractivity contribution in [1.29, 1.82) is 0 Å². The van der Waals surface area contributed by atoms with Crippen LogP contribution < -0.4 is 10.2 Å². The number of hydrogen-bond acceptors (Lipinski definition) is 3. The van der Waals surface area contributed by atoms with Gasteiger partial charge in [0, 0.05) is 51.4 Å². The number of nitrogens with zero attached hydrogens (tertiary/aromatic N) is 2. The molecule has 7 heteroatoms. The van der Waals surface area contributed by atoms with Crippen LogP contribution in [-0.4, -0.2) is 50.4 Å². The summed E-state index contributed by atoms with van der Waals surface area (Å²) < 4.78 is 26.9. The summed E-state index contributed by atoms with van der Waals surface area (Å²) >= 11 is 0. The molecule has 0 radical (unpaired) electrons. The van der Waals surface area contributed by atoms with E-state index in [1.165, 1.54) is 16.5 Å². The Hall–Kier alpha value is -2.96. The highest BCUT2D eigenvalue weighted by molar-refractivity contribution is 5.94. The van der Waals surface area contributed by atoms with Crippen molar-refractivity contribution in [2.75, 3.05) is 38.6 Å². The number of likely N-dealkylation sites (tertiary alicyclic amines) is 1. The van der Waals surface area contributed by atoms with Gasteiger partial charge in [-0.2, -0.15) is 0 Å². The number of carbonyl (C=O) groups is 2. The Labute approximate surface area is 182 Å². The van der Waals surface area contributed by atoms with Gasteiger partial charge in [0.2, 0.25) is 5.91 Å². The van der Waals surface area contributed by atoms with Gasteiger partial charge in [-0.1, -0.05) is 12.1 Å².